The second kappa shape index (κ2) is 4.66. The van der Waals surface area contributed by atoms with Gasteiger partial charge in [-0.3, -0.25) is 0 Å². The largest absolute Gasteiger partial charge is 0.313 e. The predicted molar refractivity (Wildman–Crippen MR) is 73.3 cm³/mol. The van der Waals surface area contributed by atoms with Gasteiger partial charge in [-0.2, -0.15) is 15.4 Å². The number of rotatable bonds is 3. The number of nitrogens with zero attached hydrogens (tertiary/aromatic N) is 2. The molecular formula is C15H14N4. The van der Waals surface area contributed by atoms with Gasteiger partial charge in [0.1, 0.15) is 11.2 Å². The first-order valence-corrected chi connectivity index (χ1v) is 6.08. The molecule has 0 bridgehead atoms. The van der Waals surface area contributed by atoms with Crippen LogP contribution in [0, 0.1) is 0 Å². The van der Waals surface area contributed by atoms with Crippen molar-refractivity contribution in [3.05, 3.63) is 83.7 Å². The summed E-state index contributed by atoms with van der Waals surface area (Å²) >= 11 is 0. The second-order valence-electron chi connectivity index (χ2n) is 4.40. The third-order valence-corrected chi connectivity index (χ3v) is 3.28. The molecule has 0 unspecified atom stereocenters. The first-order valence-electron chi connectivity index (χ1n) is 6.08. The SMILES string of the molecule is NC(c1ccccc1)(c1ccccc1)c1cn[nH]n1. The van der Waals surface area contributed by atoms with Crippen molar-refractivity contribution in [2.75, 3.05) is 0 Å². The Morgan fingerprint density at radius 3 is 1.79 bits per heavy atom. The topological polar surface area (TPSA) is 67.6 Å². The van der Waals surface area contributed by atoms with Gasteiger partial charge in [-0.1, -0.05) is 60.7 Å². The van der Waals surface area contributed by atoms with Crippen molar-refractivity contribution in [3.8, 4) is 0 Å². The van der Waals surface area contributed by atoms with Crippen molar-refractivity contribution in [2.24, 2.45) is 5.73 Å². The first kappa shape index (κ1) is 11.6. The Bertz CT molecular complexity index is 593. The molecule has 1 aromatic heterocycles. The highest BCUT2D eigenvalue weighted by atomic mass is 15.3. The van der Waals surface area contributed by atoms with Crippen LogP contribution in [0.4, 0.5) is 0 Å². The number of hydrogen-bond donors (Lipinski definition) is 2. The van der Waals surface area contributed by atoms with E-state index in [4.69, 9.17) is 5.73 Å². The van der Waals surface area contributed by atoms with E-state index in [0.717, 1.165) is 11.1 Å². The minimum absolute atomic E-state index is 0.699. The van der Waals surface area contributed by atoms with Gasteiger partial charge in [-0.15, -0.1) is 0 Å². The fourth-order valence-corrected chi connectivity index (χ4v) is 2.26. The molecule has 1 heterocycles. The smallest absolute Gasteiger partial charge is 0.113 e. The van der Waals surface area contributed by atoms with E-state index < -0.39 is 5.54 Å². The average Bonchev–Trinajstić information content (AvgIpc) is 3.03. The number of H-pyrrole nitrogens is 1. The average molecular weight is 250 g/mol. The van der Waals surface area contributed by atoms with E-state index in [1.807, 2.05) is 60.7 Å². The Kier molecular flexibility index (Phi) is 2.85. The molecule has 0 aliphatic heterocycles. The summed E-state index contributed by atoms with van der Waals surface area (Å²) in [6.45, 7) is 0. The summed E-state index contributed by atoms with van der Waals surface area (Å²) in [5.74, 6) is 0. The monoisotopic (exact) mass is 250 g/mol. The van der Waals surface area contributed by atoms with Crippen LogP contribution in [0.5, 0.6) is 0 Å². The number of nitrogens with one attached hydrogen (secondary N) is 1. The van der Waals surface area contributed by atoms with E-state index in [9.17, 15) is 0 Å². The molecule has 4 nitrogen and oxygen atoms in total. The van der Waals surface area contributed by atoms with Gasteiger partial charge in [-0.05, 0) is 11.1 Å². The maximum Gasteiger partial charge on any atom is 0.113 e. The van der Waals surface area contributed by atoms with Gasteiger partial charge in [0.2, 0.25) is 0 Å². The van der Waals surface area contributed by atoms with E-state index >= 15 is 0 Å². The Labute approximate surface area is 111 Å². The highest BCUT2D eigenvalue weighted by molar-refractivity contribution is 5.45. The number of benzene rings is 2. The molecule has 3 aromatic rings. The molecule has 0 atom stereocenters. The number of aromatic nitrogens is 3. The van der Waals surface area contributed by atoms with Crippen molar-refractivity contribution in [2.45, 2.75) is 5.54 Å². The summed E-state index contributed by atoms with van der Waals surface area (Å²) in [5, 5.41) is 10.7. The maximum atomic E-state index is 6.68. The lowest BCUT2D eigenvalue weighted by Gasteiger charge is -2.28. The van der Waals surface area contributed by atoms with Gasteiger partial charge < -0.3 is 5.73 Å². The summed E-state index contributed by atoms with van der Waals surface area (Å²) in [6.07, 6.45) is 1.67. The van der Waals surface area contributed by atoms with Gasteiger partial charge >= 0.3 is 0 Å². The molecule has 19 heavy (non-hydrogen) atoms. The van der Waals surface area contributed by atoms with E-state index in [2.05, 4.69) is 15.4 Å². The van der Waals surface area contributed by atoms with Crippen molar-refractivity contribution in [1.82, 2.24) is 15.4 Å². The van der Waals surface area contributed by atoms with Crippen LogP contribution < -0.4 is 5.73 Å². The van der Waals surface area contributed by atoms with Crippen LogP contribution in [0.1, 0.15) is 16.8 Å². The minimum atomic E-state index is -0.796. The molecule has 0 spiro atoms. The molecular weight excluding hydrogens is 236 g/mol. The van der Waals surface area contributed by atoms with E-state index in [-0.39, 0.29) is 0 Å². The molecule has 2 aromatic carbocycles. The van der Waals surface area contributed by atoms with Gasteiger partial charge in [0, 0.05) is 0 Å². The van der Waals surface area contributed by atoms with Crippen LogP contribution in [-0.2, 0) is 5.54 Å². The Morgan fingerprint density at radius 2 is 1.37 bits per heavy atom. The van der Waals surface area contributed by atoms with Crippen LogP contribution in [0.25, 0.3) is 0 Å². The molecule has 0 saturated heterocycles. The van der Waals surface area contributed by atoms with Gasteiger partial charge in [0.05, 0.1) is 6.20 Å². The lowest BCUT2D eigenvalue weighted by atomic mass is 9.81. The highest BCUT2D eigenvalue weighted by Gasteiger charge is 2.34. The lowest BCUT2D eigenvalue weighted by molar-refractivity contribution is 0.625. The van der Waals surface area contributed by atoms with E-state index in [1.54, 1.807) is 6.20 Å². The van der Waals surface area contributed by atoms with E-state index in [0.29, 0.717) is 5.69 Å². The number of hydrogen-bond acceptors (Lipinski definition) is 3. The van der Waals surface area contributed by atoms with Gasteiger partial charge in [0.15, 0.2) is 0 Å². The summed E-state index contributed by atoms with van der Waals surface area (Å²) in [7, 11) is 0. The van der Waals surface area contributed by atoms with Gasteiger partial charge in [-0.25, -0.2) is 0 Å². The summed E-state index contributed by atoms with van der Waals surface area (Å²) in [5.41, 5.74) is 8.55. The third-order valence-electron chi connectivity index (χ3n) is 3.28. The maximum absolute atomic E-state index is 6.68. The first-order chi connectivity index (χ1) is 9.32. The quantitative estimate of drug-likeness (QED) is 0.747. The molecule has 0 fully saturated rings. The molecule has 3 rings (SSSR count). The molecule has 0 amide bonds. The zero-order valence-corrected chi connectivity index (χ0v) is 10.3. The summed E-state index contributed by atoms with van der Waals surface area (Å²) in [4.78, 5) is 0. The Balaban J connectivity index is 2.23. The summed E-state index contributed by atoms with van der Waals surface area (Å²) in [6, 6.07) is 19.8. The number of aromatic amines is 1. The normalized spacial score (nSPS) is 11.4. The van der Waals surface area contributed by atoms with Crippen molar-refractivity contribution >= 4 is 0 Å². The number of nitrogens with two attached hydrogens (primary N) is 1. The molecule has 3 N–H and O–H groups in total. The molecule has 0 saturated carbocycles. The Hall–Kier alpha value is -2.46. The lowest BCUT2D eigenvalue weighted by Crippen LogP contribution is -2.39. The summed E-state index contributed by atoms with van der Waals surface area (Å²) < 4.78 is 0. The highest BCUT2D eigenvalue weighted by Crippen LogP contribution is 2.32. The molecule has 0 aliphatic rings. The van der Waals surface area contributed by atoms with Crippen molar-refractivity contribution < 1.29 is 0 Å². The van der Waals surface area contributed by atoms with Crippen molar-refractivity contribution in [1.29, 1.82) is 0 Å². The standard InChI is InChI=1S/C15H14N4/c16-15(14-11-17-19-18-14,12-7-3-1-4-8-12)13-9-5-2-6-10-13/h1-11H,16H2,(H,17,18,19). The van der Waals surface area contributed by atoms with Crippen LogP contribution >= 0.6 is 0 Å². The fourth-order valence-electron chi connectivity index (χ4n) is 2.26. The van der Waals surface area contributed by atoms with Gasteiger partial charge in [0.25, 0.3) is 0 Å². The van der Waals surface area contributed by atoms with Crippen molar-refractivity contribution in [3.63, 3.8) is 0 Å². The van der Waals surface area contributed by atoms with Crippen LogP contribution in [0.2, 0.25) is 0 Å². The predicted octanol–water partition coefficient (Wildman–Crippen LogP) is 2.06. The molecule has 94 valence electrons. The zero-order chi connectivity index (χ0) is 13.1. The van der Waals surface area contributed by atoms with Crippen LogP contribution in [-0.4, -0.2) is 15.4 Å². The third kappa shape index (κ3) is 1.92. The molecule has 0 radical (unpaired) electrons. The van der Waals surface area contributed by atoms with E-state index in [1.165, 1.54) is 0 Å². The van der Waals surface area contributed by atoms with Crippen LogP contribution in [0.3, 0.4) is 0 Å². The fraction of sp³-hybridized carbons (Fsp3) is 0.0667. The zero-order valence-electron chi connectivity index (χ0n) is 10.3. The molecule has 0 aliphatic carbocycles. The van der Waals surface area contributed by atoms with Crippen LogP contribution in [0.15, 0.2) is 66.9 Å². The second-order valence-corrected chi connectivity index (χ2v) is 4.40. The Morgan fingerprint density at radius 1 is 0.842 bits per heavy atom. The molecule has 4 heteroatoms. The minimum Gasteiger partial charge on any atom is -0.313 e.